The lowest BCUT2D eigenvalue weighted by Gasteiger charge is -2.32. The maximum absolute atomic E-state index is 12.6. The highest BCUT2D eigenvalue weighted by Gasteiger charge is 2.24. The van der Waals surface area contributed by atoms with Gasteiger partial charge in [0.25, 0.3) is 0 Å². The van der Waals surface area contributed by atoms with E-state index in [9.17, 15) is 4.79 Å². The average Bonchev–Trinajstić information content (AvgIpc) is 3.10. The molecule has 2 aromatic heterocycles. The lowest BCUT2D eigenvalue weighted by atomic mass is 9.96. The fourth-order valence-electron chi connectivity index (χ4n) is 3.92. The van der Waals surface area contributed by atoms with Crippen LogP contribution in [-0.4, -0.2) is 38.4 Å². The number of benzene rings is 1. The minimum absolute atomic E-state index is 0.236. The summed E-state index contributed by atoms with van der Waals surface area (Å²) in [5.41, 5.74) is 3.30. The molecule has 1 aliphatic heterocycles. The maximum atomic E-state index is 12.6. The number of carbonyl (C=O) groups excluding carboxylic acids is 1. The molecule has 1 amide bonds. The molecule has 0 radical (unpaired) electrons. The highest BCUT2D eigenvalue weighted by atomic mass is 16.2. The van der Waals surface area contributed by atoms with Gasteiger partial charge in [0.05, 0.1) is 6.42 Å². The molecule has 4 rings (SSSR count). The quantitative estimate of drug-likeness (QED) is 0.684. The van der Waals surface area contributed by atoms with Gasteiger partial charge < -0.3 is 9.47 Å². The molecule has 0 saturated carbocycles. The highest BCUT2D eigenvalue weighted by Crippen LogP contribution is 2.25. The summed E-state index contributed by atoms with van der Waals surface area (Å²) in [4.78, 5) is 23.4. The van der Waals surface area contributed by atoms with Crippen molar-refractivity contribution in [1.82, 2.24) is 19.4 Å². The first kappa shape index (κ1) is 18.4. The first-order chi connectivity index (χ1) is 13.7. The van der Waals surface area contributed by atoms with E-state index >= 15 is 0 Å². The van der Waals surface area contributed by atoms with E-state index in [2.05, 4.69) is 27.5 Å². The smallest absolute Gasteiger partial charge is 0.226 e. The van der Waals surface area contributed by atoms with E-state index in [1.807, 2.05) is 53.7 Å². The minimum atomic E-state index is 0.236. The molecule has 1 aromatic carbocycles. The van der Waals surface area contributed by atoms with Crippen molar-refractivity contribution in [2.45, 2.75) is 32.7 Å². The first-order valence-corrected chi connectivity index (χ1v) is 9.95. The van der Waals surface area contributed by atoms with Crippen LogP contribution in [0.2, 0.25) is 0 Å². The molecule has 0 N–H and O–H groups in total. The number of nitrogens with zero attached hydrogens (tertiary/aromatic N) is 4. The molecule has 0 unspecified atom stereocenters. The monoisotopic (exact) mass is 374 g/mol. The van der Waals surface area contributed by atoms with E-state index in [4.69, 9.17) is 0 Å². The zero-order valence-corrected chi connectivity index (χ0v) is 16.3. The molecule has 1 aliphatic rings. The maximum Gasteiger partial charge on any atom is 0.226 e. The number of aryl methyl sites for hydroxylation is 1. The van der Waals surface area contributed by atoms with Crippen LogP contribution in [-0.2, 0) is 17.8 Å². The van der Waals surface area contributed by atoms with Gasteiger partial charge in [0.15, 0.2) is 0 Å². The standard InChI is InChI=1S/C23H26N4O/c1-18-15-25-23(21-8-5-11-24-16-21)27(18)17-20-9-12-26(13-10-20)22(28)14-19-6-3-2-4-7-19/h2-8,11,15-16,20H,9-10,12-14,17H2,1H3. The van der Waals surface area contributed by atoms with Gasteiger partial charge in [0.1, 0.15) is 5.82 Å². The van der Waals surface area contributed by atoms with Crippen LogP contribution in [0.4, 0.5) is 0 Å². The summed E-state index contributed by atoms with van der Waals surface area (Å²) in [6.45, 7) is 4.72. The number of piperidine rings is 1. The van der Waals surface area contributed by atoms with E-state index in [0.717, 1.165) is 49.4 Å². The summed E-state index contributed by atoms with van der Waals surface area (Å²) in [6.07, 6.45) is 8.14. The van der Waals surface area contributed by atoms with Crippen molar-refractivity contribution < 1.29 is 4.79 Å². The second kappa shape index (κ2) is 8.38. The Morgan fingerprint density at radius 1 is 1.07 bits per heavy atom. The molecule has 3 aromatic rings. The Morgan fingerprint density at radius 2 is 1.86 bits per heavy atom. The van der Waals surface area contributed by atoms with Crippen LogP contribution in [0.15, 0.2) is 61.1 Å². The molecular formula is C23H26N4O. The van der Waals surface area contributed by atoms with Crippen molar-refractivity contribution in [3.63, 3.8) is 0 Å². The summed E-state index contributed by atoms with van der Waals surface area (Å²) in [5.74, 6) is 1.77. The summed E-state index contributed by atoms with van der Waals surface area (Å²) in [6, 6.07) is 14.0. The topological polar surface area (TPSA) is 51.0 Å². The number of rotatable bonds is 5. The summed E-state index contributed by atoms with van der Waals surface area (Å²) >= 11 is 0. The second-order valence-electron chi connectivity index (χ2n) is 7.56. The Hall–Kier alpha value is -2.95. The summed E-state index contributed by atoms with van der Waals surface area (Å²) < 4.78 is 2.29. The number of hydrogen-bond acceptors (Lipinski definition) is 3. The number of hydrogen-bond donors (Lipinski definition) is 0. The minimum Gasteiger partial charge on any atom is -0.342 e. The van der Waals surface area contributed by atoms with Crippen molar-refractivity contribution in [2.75, 3.05) is 13.1 Å². The van der Waals surface area contributed by atoms with Crippen molar-refractivity contribution >= 4 is 5.91 Å². The van der Waals surface area contributed by atoms with Crippen molar-refractivity contribution in [2.24, 2.45) is 5.92 Å². The van der Waals surface area contributed by atoms with Gasteiger partial charge in [-0.2, -0.15) is 0 Å². The van der Waals surface area contributed by atoms with Gasteiger partial charge in [0.2, 0.25) is 5.91 Å². The van der Waals surface area contributed by atoms with Crippen LogP contribution in [0.3, 0.4) is 0 Å². The summed E-state index contributed by atoms with van der Waals surface area (Å²) in [5, 5.41) is 0. The largest absolute Gasteiger partial charge is 0.342 e. The molecule has 1 saturated heterocycles. The number of imidazole rings is 1. The van der Waals surface area contributed by atoms with Gasteiger partial charge in [-0.15, -0.1) is 0 Å². The van der Waals surface area contributed by atoms with Gasteiger partial charge in [-0.1, -0.05) is 30.3 Å². The Kier molecular flexibility index (Phi) is 5.51. The van der Waals surface area contributed by atoms with Crippen LogP contribution in [0.1, 0.15) is 24.1 Å². The van der Waals surface area contributed by atoms with Crippen LogP contribution in [0.25, 0.3) is 11.4 Å². The highest BCUT2D eigenvalue weighted by molar-refractivity contribution is 5.78. The van der Waals surface area contributed by atoms with Crippen LogP contribution < -0.4 is 0 Å². The number of amides is 1. The Bertz CT molecular complexity index is 912. The van der Waals surface area contributed by atoms with Crippen molar-refractivity contribution in [1.29, 1.82) is 0 Å². The first-order valence-electron chi connectivity index (χ1n) is 9.95. The molecule has 3 heterocycles. The number of carbonyl (C=O) groups is 1. The summed E-state index contributed by atoms with van der Waals surface area (Å²) in [7, 11) is 0. The zero-order valence-electron chi connectivity index (χ0n) is 16.3. The third-order valence-electron chi connectivity index (χ3n) is 5.58. The molecule has 0 bridgehead atoms. The molecule has 1 fully saturated rings. The Labute approximate surface area is 166 Å². The lowest BCUT2D eigenvalue weighted by molar-refractivity contribution is -0.131. The van der Waals surface area contributed by atoms with Crippen molar-refractivity contribution in [3.05, 3.63) is 72.3 Å². The molecule has 0 aliphatic carbocycles. The molecule has 0 spiro atoms. The predicted molar refractivity (Wildman–Crippen MR) is 110 cm³/mol. The molecule has 28 heavy (non-hydrogen) atoms. The van der Waals surface area contributed by atoms with Gasteiger partial charge in [-0.05, 0) is 43.4 Å². The SMILES string of the molecule is Cc1cnc(-c2cccnc2)n1CC1CCN(C(=O)Cc2ccccc2)CC1. The van der Waals surface area contributed by atoms with E-state index < -0.39 is 0 Å². The van der Waals surface area contributed by atoms with E-state index in [1.54, 1.807) is 6.20 Å². The molecule has 0 atom stereocenters. The fraction of sp³-hybridized carbons (Fsp3) is 0.348. The number of likely N-dealkylation sites (tertiary alicyclic amines) is 1. The van der Waals surface area contributed by atoms with E-state index in [0.29, 0.717) is 12.3 Å². The normalized spacial score (nSPS) is 15.0. The van der Waals surface area contributed by atoms with Crippen LogP contribution in [0.5, 0.6) is 0 Å². The van der Waals surface area contributed by atoms with Crippen LogP contribution >= 0.6 is 0 Å². The Morgan fingerprint density at radius 3 is 2.57 bits per heavy atom. The van der Waals surface area contributed by atoms with Gasteiger partial charge >= 0.3 is 0 Å². The van der Waals surface area contributed by atoms with E-state index in [-0.39, 0.29) is 5.91 Å². The molecule has 144 valence electrons. The molecular weight excluding hydrogens is 348 g/mol. The van der Waals surface area contributed by atoms with Gasteiger partial charge in [-0.25, -0.2) is 4.98 Å². The Balaban J connectivity index is 1.36. The zero-order chi connectivity index (χ0) is 19.3. The fourth-order valence-corrected chi connectivity index (χ4v) is 3.92. The van der Waals surface area contributed by atoms with Gasteiger partial charge in [-0.3, -0.25) is 9.78 Å². The third kappa shape index (κ3) is 4.14. The van der Waals surface area contributed by atoms with Crippen LogP contribution in [0, 0.1) is 12.8 Å². The lowest BCUT2D eigenvalue weighted by Crippen LogP contribution is -2.40. The number of pyridine rings is 1. The molecule has 5 nitrogen and oxygen atoms in total. The van der Waals surface area contributed by atoms with Gasteiger partial charge in [0, 0.05) is 49.5 Å². The second-order valence-corrected chi connectivity index (χ2v) is 7.56. The number of aromatic nitrogens is 3. The molecule has 5 heteroatoms. The predicted octanol–water partition coefficient (Wildman–Crippen LogP) is 3.73. The van der Waals surface area contributed by atoms with E-state index in [1.165, 1.54) is 5.69 Å². The average molecular weight is 374 g/mol. The van der Waals surface area contributed by atoms with Crippen molar-refractivity contribution in [3.8, 4) is 11.4 Å². The third-order valence-corrected chi connectivity index (χ3v) is 5.58.